The van der Waals surface area contributed by atoms with E-state index in [-0.39, 0.29) is 23.8 Å². The highest BCUT2D eigenvalue weighted by Crippen LogP contribution is 2.48. The number of carbonyl (C=O) groups excluding carboxylic acids is 2. The molecular formula is C19H19N3O4S. The number of amides is 2. The summed E-state index contributed by atoms with van der Waals surface area (Å²) in [7, 11) is 0. The number of nitrogens with one attached hydrogen (secondary N) is 1. The Morgan fingerprint density at radius 1 is 1.52 bits per heavy atom. The van der Waals surface area contributed by atoms with Crippen LogP contribution >= 0.6 is 11.3 Å². The Balaban J connectivity index is 1.48. The first kappa shape index (κ1) is 17.6. The van der Waals surface area contributed by atoms with Gasteiger partial charge in [-0.25, -0.2) is 4.79 Å². The van der Waals surface area contributed by atoms with Crippen LogP contribution < -0.4 is 5.32 Å². The molecule has 2 aliphatic rings. The lowest BCUT2D eigenvalue weighted by molar-refractivity contribution is -0.117. The molecule has 3 heterocycles. The van der Waals surface area contributed by atoms with Gasteiger partial charge in [0.05, 0.1) is 25.0 Å². The third-order valence-corrected chi connectivity index (χ3v) is 6.10. The number of carbonyl (C=O) groups is 2. The van der Waals surface area contributed by atoms with Gasteiger partial charge in [-0.1, -0.05) is 0 Å². The van der Waals surface area contributed by atoms with Crippen LogP contribution in [0.5, 0.6) is 0 Å². The lowest BCUT2D eigenvalue weighted by Gasteiger charge is -2.25. The summed E-state index contributed by atoms with van der Waals surface area (Å²) in [6.45, 7) is 3.01. The quantitative estimate of drug-likeness (QED) is 0.869. The van der Waals surface area contributed by atoms with Gasteiger partial charge in [0.25, 0.3) is 0 Å². The number of furan rings is 1. The number of nitrogens with zero attached hydrogens (tertiary/aromatic N) is 2. The molecule has 2 aromatic heterocycles. The van der Waals surface area contributed by atoms with Gasteiger partial charge in [-0.2, -0.15) is 5.26 Å². The van der Waals surface area contributed by atoms with Crippen LogP contribution in [0, 0.1) is 17.2 Å². The predicted molar refractivity (Wildman–Crippen MR) is 98.4 cm³/mol. The molecule has 1 aliphatic carbocycles. The van der Waals surface area contributed by atoms with Gasteiger partial charge in [0.2, 0.25) is 5.91 Å². The molecule has 4 rings (SSSR count). The summed E-state index contributed by atoms with van der Waals surface area (Å²) in [4.78, 5) is 27.1. The molecular weight excluding hydrogens is 366 g/mol. The van der Waals surface area contributed by atoms with Crippen LogP contribution in [0.1, 0.15) is 41.0 Å². The van der Waals surface area contributed by atoms with E-state index in [1.54, 1.807) is 18.1 Å². The number of nitriles is 1. The smallest absolute Gasteiger partial charge is 0.410 e. The normalized spacial score (nSPS) is 20.5. The average Bonchev–Trinajstić information content (AvgIpc) is 3.12. The fraction of sp³-hybridized carbons (Fsp3) is 0.421. The number of hydrogen-bond donors (Lipinski definition) is 1. The first-order chi connectivity index (χ1) is 13.1. The van der Waals surface area contributed by atoms with E-state index in [0.717, 1.165) is 22.6 Å². The van der Waals surface area contributed by atoms with Gasteiger partial charge in [0, 0.05) is 23.3 Å². The van der Waals surface area contributed by atoms with Crippen molar-refractivity contribution in [3.8, 4) is 6.07 Å². The minimum absolute atomic E-state index is 0.0891. The topological polar surface area (TPSA) is 95.6 Å². The predicted octanol–water partition coefficient (Wildman–Crippen LogP) is 3.47. The molecule has 2 unspecified atom stereocenters. The van der Waals surface area contributed by atoms with E-state index < -0.39 is 0 Å². The van der Waals surface area contributed by atoms with E-state index in [1.165, 1.54) is 11.3 Å². The largest absolute Gasteiger partial charge is 0.469 e. The van der Waals surface area contributed by atoms with Crippen molar-refractivity contribution in [2.75, 3.05) is 18.5 Å². The standard InChI is InChI=1S/C19H19N3O4S/c1-2-25-19(24)22-6-5-11-14(9-20)18(27-16(11)10-22)21-17(23)13-8-12(13)15-4-3-7-26-15/h3-4,7,12-13H,2,5-6,8,10H2,1H3,(H,21,23). The van der Waals surface area contributed by atoms with E-state index in [1.807, 2.05) is 12.1 Å². The molecule has 2 atom stereocenters. The highest BCUT2D eigenvalue weighted by Gasteiger charge is 2.46. The Kier molecular flexibility index (Phi) is 4.62. The van der Waals surface area contributed by atoms with Gasteiger partial charge in [-0.3, -0.25) is 4.79 Å². The third-order valence-electron chi connectivity index (χ3n) is 4.97. The van der Waals surface area contributed by atoms with Crippen LogP contribution in [0.3, 0.4) is 0 Å². The molecule has 0 radical (unpaired) electrons. The second-order valence-electron chi connectivity index (χ2n) is 6.64. The highest BCUT2D eigenvalue weighted by molar-refractivity contribution is 7.16. The van der Waals surface area contributed by atoms with Crippen molar-refractivity contribution in [3.05, 3.63) is 40.2 Å². The molecule has 1 fully saturated rings. The Hall–Kier alpha value is -2.79. The van der Waals surface area contributed by atoms with E-state index in [2.05, 4.69) is 11.4 Å². The van der Waals surface area contributed by atoms with Crippen LogP contribution in [0.25, 0.3) is 0 Å². The number of ether oxygens (including phenoxy) is 1. The fourth-order valence-corrected chi connectivity index (χ4v) is 4.70. The zero-order valence-electron chi connectivity index (χ0n) is 14.9. The molecule has 2 aromatic rings. The van der Waals surface area contributed by atoms with Crippen LogP contribution in [0.2, 0.25) is 0 Å². The van der Waals surface area contributed by atoms with Crippen molar-refractivity contribution in [1.29, 1.82) is 5.26 Å². The monoisotopic (exact) mass is 385 g/mol. The summed E-state index contributed by atoms with van der Waals surface area (Å²) in [6.07, 6.45) is 2.60. The molecule has 27 heavy (non-hydrogen) atoms. The minimum atomic E-state index is -0.347. The van der Waals surface area contributed by atoms with Gasteiger partial charge in [0.1, 0.15) is 16.8 Å². The van der Waals surface area contributed by atoms with Crippen LogP contribution in [0.4, 0.5) is 9.80 Å². The molecule has 1 saturated carbocycles. The van der Waals surface area contributed by atoms with Gasteiger partial charge in [-0.05, 0) is 37.5 Å². The van der Waals surface area contributed by atoms with Crippen LogP contribution in [-0.2, 0) is 22.5 Å². The second kappa shape index (κ2) is 7.08. The molecule has 8 heteroatoms. The summed E-state index contributed by atoms with van der Waals surface area (Å²) in [5.74, 6) is 0.720. The van der Waals surface area contributed by atoms with Crippen molar-refractivity contribution in [1.82, 2.24) is 4.90 Å². The molecule has 7 nitrogen and oxygen atoms in total. The lowest BCUT2D eigenvalue weighted by atomic mass is 10.0. The zero-order valence-corrected chi connectivity index (χ0v) is 15.7. The van der Waals surface area contributed by atoms with Gasteiger partial charge < -0.3 is 19.4 Å². The number of anilines is 1. The average molecular weight is 385 g/mol. The van der Waals surface area contributed by atoms with E-state index in [0.29, 0.717) is 36.7 Å². The minimum Gasteiger partial charge on any atom is -0.469 e. The SMILES string of the molecule is CCOC(=O)N1CCc2c(sc(NC(=O)C3CC3c3ccco3)c2C#N)C1. The molecule has 1 N–H and O–H groups in total. The van der Waals surface area contributed by atoms with Gasteiger partial charge in [0.15, 0.2) is 0 Å². The molecule has 0 saturated heterocycles. The van der Waals surface area contributed by atoms with E-state index in [4.69, 9.17) is 9.15 Å². The number of hydrogen-bond acceptors (Lipinski definition) is 6. The number of thiophene rings is 1. The van der Waals surface area contributed by atoms with E-state index >= 15 is 0 Å². The Labute approximate surface area is 160 Å². The molecule has 0 aromatic carbocycles. The van der Waals surface area contributed by atoms with Crippen molar-refractivity contribution < 1.29 is 18.7 Å². The fourth-order valence-electron chi connectivity index (χ4n) is 3.49. The number of rotatable bonds is 4. The summed E-state index contributed by atoms with van der Waals surface area (Å²) in [5, 5.41) is 13.1. The third kappa shape index (κ3) is 3.30. The van der Waals surface area contributed by atoms with E-state index in [9.17, 15) is 14.9 Å². The van der Waals surface area contributed by atoms with Gasteiger partial charge in [-0.15, -0.1) is 11.3 Å². The maximum absolute atomic E-state index is 12.6. The van der Waals surface area contributed by atoms with Crippen molar-refractivity contribution in [2.45, 2.75) is 32.2 Å². The Bertz CT molecular complexity index is 912. The molecule has 0 bridgehead atoms. The summed E-state index contributed by atoms with van der Waals surface area (Å²) < 4.78 is 10.4. The van der Waals surface area contributed by atoms with Crippen molar-refractivity contribution >= 4 is 28.3 Å². The summed E-state index contributed by atoms with van der Waals surface area (Å²) in [6, 6.07) is 5.92. The number of fused-ring (bicyclic) bond motifs is 1. The van der Waals surface area contributed by atoms with Crippen molar-refractivity contribution in [3.63, 3.8) is 0 Å². The molecule has 2 amide bonds. The molecule has 1 aliphatic heterocycles. The second-order valence-corrected chi connectivity index (χ2v) is 7.75. The van der Waals surface area contributed by atoms with Crippen LogP contribution in [-0.4, -0.2) is 30.1 Å². The van der Waals surface area contributed by atoms with Crippen molar-refractivity contribution in [2.24, 2.45) is 5.92 Å². The maximum atomic E-state index is 12.6. The zero-order chi connectivity index (χ0) is 19.0. The Morgan fingerprint density at radius 3 is 3.07 bits per heavy atom. The summed E-state index contributed by atoms with van der Waals surface area (Å²) in [5.41, 5.74) is 1.44. The molecule has 140 valence electrons. The van der Waals surface area contributed by atoms with Crippen LogP contribution in [0.15, 0.2) is 22.8 Å². The van der Waals surface area contributed by atoms with Gasteiger partial charge >= 0.3 is 6.09 Å². The summed E-state index contributed by atoms with van der Waals surface area (Å²) >= 11 is 1.37. The maximum Gasteiger partial charge on any atom is 0.410 e. The molecule has 0 spiro atoms. The Morgan fingerprint density at radius 2 is 2.37 bits per heavy atom. The first-order valence-corrected chi connectivity index (χ1v) is 9.74. The highest BCUT2D eigenvalue weighted by atomic mass is 32.1. The first-order valence-electron chi connectivity index (χ1n) is 8.93. The lowest BCUT2D eigenvalue weighted by Crippen LogP contribution is -2.35.